The molecule has 1 saturated heterocycles. The quantitative estimate of drug-likeness (QED) is 0.806. The van der Waals surface area contributed by atoms with Gasteiger partial charge in [-0.3, -0.25) is 0 Å². The van der Waals surface area contributed by atoms with Gasteiger partial charge in [0.1, 0.15) is 0 Å². The second-order valence-electron chi connectivity index (χ2n) is 6.13. The first-order valence-electron chi connectivity index (χ1n) is 7.69. The van der Waals surface area contributed by atoms with Crippen molar-refractivity contribution >= 4 is 32.4 Å². The molecule has 0 aliphatic carbocycles. The summed E-state index contributed by atoms with van der Waals surface area (Å²) in [6, 6.07) is 13.3. The molecule has 112 valence electrons. The molecule has 0 spiro atoms. The molecule has 2 aromatic carbocycles. The Morgan fingerprint density at radius 1 is 1.24 bits per heavy atom. The van der Waals surface area contributed by atoms with Crippen LogP contribution in [0, 0.1) is 0 Å². The van der Waals surface area contributed by atoms with E-state index in [4.69, 9.17) is 4.74 Å². The summed E-state index contributed by atoms with van der Waals surface area (Å²) in [7, 11) is 0. The summed E-state index contributed by atoms with van der Waals surface area (Å²) in [6.07, 6.45) is 3.19. The van der Waals surface area contributed by atoms with Gasteiger partial charge < -0.3 is 10.1 Å². The molecule has 1 fully saturated rings. The molecule has 0 aromatic heterocycles. The monoisotopic (exact) mass is 347 g/mol. The van der Waals surface area contributed by atoms with Gasteiger partial charge in [-0.05, 0) is 43.7 Å². The fourth-order valence-corrected chi connectivity index (χ4v) is 3.59. The van der Waals surface area contributed by atoms with Crippen LogP contribution in [-0.2, 0) is 4.74 Å². The molecule has 0 radical (unpaired) electrons. The fraction of sp³-hybridized carbons (Fsp3) is 0.444. The third-order valence-electron chi connectivity index (χ3n) is 4.57. The first-order valence-corrected chi connectivity index (χ1v) is 8.48. The Labute approximate surface area is 135 Å². The normalized spacial score (nSPS) is 26.0. The van der Waals surface area contributed by atoms with Gasteiger partial charge in [0.15, 0.2) is 0 Å². The summed E-state index contributed by atoms with van der Waals surface area (Å²) < 4.78 is 7.09. The molecule has 1 aliphatic rings. The van der Waals surface area contributed by atoms with Crippen LogP contribution in [0.4, 0.5) is 5.69 Å². The first-order chi connectivity index (χ1) is 10.1. The van der Waals surface area contributed by atoms with Crippen molar-refractivity contribution in [3.05, 3.63) is 40.9 Å². The maximum Gasteiger partial charge on any atom is 0.0671 e. The van der Waals surface area contributed by atoms with Crippen LogP contribution in [0.2, 0.25) is 0 Å². The lowest BCUT2D eigenvalue weighted by Crippen LogP contribution is -2.41. The van der Waals surface area contributed by atoms with Crippen LogP contribution in [0.5, 0.6) is 0 Å². The summed E-state index contributed by atoms with van der Waals surface area (Å²) in [6.45, 7) is 5.27. The third-order valence-corrected chi connectivity index (χ3v) is 5.26. The SMILES string of the molecule is CCC1(C)CC(Nc2ccc(Br)c3ccccc23)CCO1. The van der Waals surface area contributed by atoms with Gasteiger partial charge >= 0.3 is 0 Å². The minimum absolute atomic E-state index is 0.0150. The average Bonchev–Trinajstić information content (AvgIpc) is 2.51. The molecule has 1 heterocycles. The van der Waals surface area contributed by atoms with Crippen molar-refractivity contribution in [2.24, 2.45) is 0 Å². The number of fused-ring (bicyclic) bond motifs is 1. The zero-order chi connectivity index (χ0) is 14.9. The van der Waals surface area contributed by atoms with E-state index in [2.05, 4.69) is 71.5 Å². The van der Waals surface area contributed by atoms with Gasteiger partial charge in [-0.1, -0.05) is 47.1 Å². The van der Waals surface area contributed by atoms with Crippen LogP contribution in [0.1, 0.15) is 33.1 Å². The van der Waals surface area contributed by atoms with Crippen LogP contribution in [0.15, 0.2) is 40.9 Å². The largest absolute Gasteiger partial charge is 0.382 e. The molecular formula is C18H22BrNO. The van der Waals surface area contributed by atoms with Gasteiger partial charge in [-0.15, -0.1) is 0 Å². The van der Waals surface area contributed by atoms with E-state index < -0.39 is 0 Å². The van der Waals surface area contributed by atoms with Crippen LogP contribution < -0.4 is 5.32 Å². The predicted molar refractivity (Wildman–Crippen MR) is 92.9 cm³/mol. The molecule has 3 rings (SSSR count). The van der Waals surface area contributed by atoms with E-state index in [0.29, 0.717) is 6.04 Å². The number of anilines is 1. The Morgan fingerprint density at radius 3 is 2.76 bits per heavy atom. The van der Waals surface area contributed by atoms with Gasteiger partial charge in [0, 0.05) is 28.2 Å². The summed E-state index contributed by atoms with van der Waals surface area (Å²) >= 11 is 3.64. The van der Waals surface area contributed by atoms with Gasteiger partial charge in [0.05, 0.1) is 5.60 Å². The second-order valence-corrected chi connectivity index (χ2v) is 6.98. The third kappa shape index (κ3) is 3.09. The fourth-order valence-electron chi connectivity index (χ4n) is 3.11. The molecule has 2 nitrogen and oxygen atoms in total. The van der Waals surface area contributed by atoms with Gasteiger partial charge in [-0.2, -0.15) is 0 Å². The Hall–Kier alpha value is -1.06. The van der Waals surface area contributed by atoms with Crippen LogP contribution in [0.25, 0.3) is 10.8 Å². The summed E-state index contributed by atoms with van der Waals surface area (Å²) in [5.41, 5.74) is 1.24. The number of hydrogen-bond donors (Lipinski definition) is 1. The van der Waals surface area contributed by atoms with Crippen LogP contribution >= 0.6 is 15.9 Å². The van der Waals surface area contributed by atoms with Gasteiger partial charge in [0.25, 0.3) is 0 Å². The Balaban J connectivity index is 1.87. The summed E-state index contributed by atoms with van der Waals surface area (Å²) in [4.78, 5) is 0. The van der Waals surface area contributed by atoms with E-state index in [-0.39, 0.29) is 5.60 Å². The van der Waals surface area contributed by atoms with E-state index in [1.54, 1.807) is 0 Å². The maximum atomic E-state index is 5.94. The highest BCUT2D eigenvalue weighted by molar-refractivity contribution is 9.10. The van der Waals surface area contributed by atoms with Crippen LogP contribution in [0.3, 0.4) is 0 Å². The number of hydrogen-bond acceptors (Lipinski definition) is 2. The minimum Gasteiger partial charge on any atom is -0.382 e. The predicted octanol–water partition coefficient (Wildman–Crippen LogP) is 5.36. The smallest absolute Gasteiger partial charge is 0.0671 e. The number of ether oxygens (including phenoxy) is 1. The number of halogens is 1. The maximum absolute atomic E-state index is 5.94. The van der Waals surface area contributed by atoms with Crippen molar-refractivity contribution in [1.82, 2.24) is 0 Å². The molecule has 0 bridgehead atoms. The number of benzene rings is 2. The lowest BCUT2D eigenvalue weighted by atomic mass is 9.89. The Morgan fingerprint density at radius 2 is 2.00 bits per heavy atom. The number of rotatable bonds is 3. The molecule has 1 aliphatic heterocycles. The summed E-state index contributed by atoms with van der Waals surface area (Å²) in [5.74, 6) is 0. The highest BCUT2D eigenvalue weighted by Crippen LogP contribution is 2.33. The minimum atomic E-state index is 0.0150. The van der Waals surface area contributed by atoms with Crippen molar-refractivity contribution in [3.8, 4) is 0 Å². The van der Waals surface area contributed by atoms with Crippen molar-refractivity contribution < 1.29 is 4.74 Å². The van der Waals surface area contributed by atoms with Crippen molar-refractivity contribution in [2.75, 3.05) is 11.9 Å². The van der Waals surface area contributed by atoms with E-state index in [1.807, 2.05) is 0 Å². The number of nitrogens with one attached hydrogen (secondary N) is 1. The Bertz CT molecular complexity index is 642. The average molecular weight is 348 g/mol. The molecular weight excluding hydrogens is 326 g/mol. The van der Waals surface area contributed by atoms with E-state index in [9.17, 15) is 0 Å². The molecule has 0 saturated carbocycles. The lowest BCUT2D eigenvalue weighted by molar-refractivity contribution is -0.0708. The van der Waals surface area contributed by atoms with E-state index in [1.165, 1.54) is 16.5 Å². The van der Waals surface area contributed by atoms with Crippen LogP contribution in [-0.4, -0.2) is 18.2 Å². The van der Waals surface area contributed by atoms with E-state index >= 15 is 0 Å². The van der Waals surface area contributed by atoms with Crippen molar-refractivity contribution in [2.45, 2.75) is 44.8 Å². The zero-order valence-electron chi connectivity index (χ0n) is 12.7. The molecule has 21 heavy (non-hydrogen) atoms. The topological polar surface area (TPSA) is 21.3 Å². The Kier molecular flexibility index (Phi) is 4.23. The molecule has 2 unspecified atom stereocenters. The molecule has 2 aromatic rings. The highest BCUT2D eigenvalue weighted by atomic mass is 79.9. The molecule has 2 atom stereocenters. The van der Waals surface area contributed by atoms with Crippen molar-refractivity contribution in [3.63, 3.8) is 0 Å². The first kappa shape index (κ1) is 14.9. The molecule has 0 amide bonds. The lowest BCUT2D eigenvalue weighted by Gasteiger charge is -2.38. The van der Waals surface area contributed by atoms with E-state index in [0.717, 1.165) is 30.3 Å². The van der Waals surface area contributed by atoms with Crippen molar-refractivity contribution in [1.29, 1.82) is 0 Å². The molecule has 1 N–H and O–H groups in total. The second kappa shape index (κ2) is 5.98. The van der Waals surface area contributed by atoms with Gasteiger partial charge in [0.2, 0.25) is 0 Å². The molecule has 3 heteroatoms. The van der Waals surface area contributed by atoms with Gasteiger partial charge in [-0.25, -0.2) is 0 Å². The zero-order valence-corrected chi connectivity index (χ0v) is 14.2. The summed E-state index contributed by atoms with van der Waals surface area (Å²) in [5, 5.41) is 6.27. The highest BCUT2D eigenvalue weighted by Gasteiger charge is 2.31. The standard InChI is InChI=1S/C18H22BrNO/c1-3-18(2)12-13(10-11-21-18)20-17-9-8-16(19)14-6-4-5-7-15(14)17/h4-9,13,20H,3,10-12H2,1-2H3.